The highest BCUT2D eigenvalue weighted by atomic mass is 16.7. The zero-order valence-electron chi connectivity index (χ0n) is 17.7. The van der Waals surface area contributed by atoms with Gasteiger partial charge in [0, 0.05) is 18.2 Å². The van der Waals surface area contributed by atoms with Crippen LogP contribution in [-0.2, 0) is 12.8 Å². The molecule has 0 spiro atoms. The molecule has 0 fully saturated rings. The summed E-state index contributed by atoms with van der Waals surface area (Å²) in [4.78, 5) is 2.26. The maximum Gasteiger partial charge on any atom is 0.231 e. The fourth-order valence-electron chi connectivity index (χ4n) is 4.41. The lowest BCUT2D eigenvalue weighted by atomic mass is 9.87. The summed E-state index contributed by atoms with van der Waals surface area (Å²) >= 11 is 0. The first-order valence-electron chi connectivity index (χ1n) is 10.2. The lowest BCUT2D eigenvalue weighted by Gasteiger charge is -2.37. The molecule has 2 heterocycles. The van der Waals surface area contributed by atoms with Crippen molar-refractivity contribution in [2.45, 2.75) is 37.8 Å². The molecule has 2 aromatic rings. The molecule has 0 amide bonds. The summed E-state index contributed by atoms with van der Waals surface area (Å²) in [5.74, 6) is 2.67. The van der Waals surface area contributed by atoms with Crippen molar-refractivity contribution in [1.82, 2.24) is 4.90 Å². The Morgan fingerprint density at radius 1 is 1.20 bits per heavy atom. The van der Waals surface area contributed by atoms with E-state index in [4.69, 9.17) is 18.9 Å². The van der Waals surface area contributed by atoms with Gasteiger partial charge in [0.2, 0.25) is 12.5 Å². The summed E-state index contributed by atoms with van der Waals surface area (Å²) in [6.07, 6.45) is 2.31. The number of aryl methyl sites for hydroxylation is 1. The first-order chi connectivity index (χ1) is 14.5. The van der Waals surface area contributed by atoms with Crippen LogP contribution in [0.2, 0.25) is 0 Å². The van der Waals surface area contributed by atoms with E-state index in [9.17, 15) is 10.2 Å². The summed E-state index contributed by atoms with van der Waals surface area (Å²) < 4.78 is 22.1. The van der Waals surface area contributed by atoms with Crippen LogP contribution in [0.1, 0.15) is 35.6 Å². The number of likely N-dealkylation sites (N-methyl/N-ethyl adjacent to an activating group) is 1. The van der Waals surface area contributed by atoms with Gasteiger partial charge in [-0.2, -0.15) is 0 Å². The molecule has 7 heteroatoms. The molecule has 2 N–H and O–H groups in total. The smallest absolute Gasteiger partial charge is 0.231 e. The fraction of sp³-hybridized carbons (Fsp3) is 0.478. The van der Waals surface area contributed by atoms with Gasteiger partial charge in [-0.25, -0.2) is 0 Å². The molecule has 0 unspecified atom stereocenters. The Labute approximate surface area is 176 Å². The first kappa shape index (κ1) is 20.6. The van der Waals surface area contributed by atoms with Gasteiger partial charge in [0.1, 0.15) is 0 Å². The van der Waals surface area contributed by atoms with E-state index in [0.29, 0.717) is 36.5 Å². The molecule has 0 bridgehead atoms. The Kier molecular flexibility index (Phi) is 5.92. The maximum absolute atomic E-state index is 10.8. The molecule has 2 aliphatic rings. The van der Waals surface area contributed by atoms with E-state index in [1.54, 1.807) is 13.2 Å². The topological polar surface area (TPSA) is 80.6 Å². The van der Waals surface area contributed by atoms with Gasteiger partial charge in [0.15, 0.2) is 23.0 Å². The molecule has 30 heavy (non-hydrogen) atoms. The Hall–Kier alpha value is -2.64. The van der Waals surface area contributed by atoms with E-state index in [1.165, 1.54) is 12.7 Å². The summed E-state index contributed by atoms with van der Waals surface area (Å²) in [7, 11) is 5.26. The van der Waals surface area contributed by atoms with Crippen molar-refractivity contribution < 1.29 is 29.2 Å². The van der Waals surface area contributed by atoms with Gasteiger partial charge in [-0.05, 0) is 62.1 Å². The second-order valence-corrected chi connectivity index (χ2v) is 7.90. The van der Waals surface area contributed by atoms with E-state index in [-0.39, 0.29) is 18.6 Å². The lowest BCUT2D eigenvalue weighted by molar-refractivity contribution is 0.101. The second-order valence-electron chi connectivity index (χ2n) is 7.90. The third-order valence-corrected chi connectivity index (χ3v) is 6.05. The van der Waals surface area contributed by atoms with Crippen molar-refractivity contribution in [2.75, 3.05) is 34.6 Å². The van der Waals surface area contributed by atoms with Crippen LogP contribution in [0.15, 0.2) is 24.3 Å². The van der Waals surface area contributed by atoms with Gasteiger partial charge < -0.3 is 29.2 Å². The summed E-state index contributed by atoms with van der Waals surface area (Å²) in [5.41, 5.74) is 3.29. The minimum atomic E-state index is -0.488. The van der Waals surface area contributed by atoms with Crippen molar-refractivity contribution in [3.05, 3.63) is 41.0 Å². The molecule has 2 aliphatic heterocycles. The molecule has 0 aromatic heterocycles. The van der Waals surface area contributed by atoms with Crippen LogP contribution in [0.5, 0.6) is 28.7 Å². The molecule has 2 atom stereocenters. The SMILES string of the molecule is COc1cc(CC[C@H](O)C[C@H]2c3c(cc4c(c3OC)OCO4)CCN2C)ccc1O. The Balaban J connectivity index is 1.51. The third-order valence-electron chi connectivity index (χ3n) is 6.05. The molecule has 0 aliphatic carbocycles. The van der Waals surface area contributed by atoms with Crippen LogP contribution < -0.4 is 18.9 Å². The number of phenols is 1. The molecule has 162 valence electrons. The van der Waals surface area contributed by atoms with Crippen molar-refractivity contribution in [1.29, 1.82) is 0 Å². The van der Waals surface area contributed by atoms with E-state index < -0.39 is 6.10 Å². The molecule has 0 saturated carbocycles. The van der Waals surface area contributed by atoms with Crippen LogP contribution in [0.4, 0.5) is 0 Å². The predicted molar refractivity (Wildman–Crippen MR) is 112 cm³/mol. The van der Waals surface area contributed by atoms with Gasteiger partial charge in [-0.15, -0.1) is 0 Å². The lowest BCUT2D eigenvalue weighted by Crippen LogP contribution is -2.34. The van der Waals surface area contributed by atoms with E-state index >= 15 is 0 Å². The van der Waals surface area contributed by atoms with E-state index in [1.807, 2.05) is 12.1 Å². The molecular weight excluding hydrogens is 386 g/mol. The van der Waals surface area contributed by atoms with E-state index in [2.05, 4.69) is 18.0 Å². The Bertz CT molecular complexity index is 915. The number of methoxy groups -OCH3 is 2. The van der Waals surface area contributed by atoms with Crippen molar-refractivity contribution in [3.8, 4) is 28.7 Å². The van der Waals surface area contributed by atoms with Gasteiger partial charge in [0.25, 0.3) is 0 Å². The van der Waals surface area contributed by atoms with Gasteiger partial charge in [-0.1, -0.05) is 6.07 Å². The monoisotopic (exact) mass is 415 g/mol. The van der Waals surface area contributed by atoms with Crippen LogP contribution >= 0.6 is 0 Å². The van der Waals surface area contributed by atoms with E-state index in [0.717, 1.165) is 29.8 Å². The van der Waals surface area contributed by atoms with Crippen LogP contribution in [0.25, 0.3) is 0 Å². The van der Waals surface area contributed by atoms with Crippen LogP contribution in [-0.4, -0.2) is 55.8 Å². The predicted octanol–water partition coefficient (Wildman–Crippen LogP) is 3.05. The molecule has 0 saturated heterocycles. The molecular formula is C23H29NO6. The highest BCUT2D eigenvalue weighted by Crippen LogP contribution is 2.50. The number of phenolic OH excluding ortho intramolecular Hbond substituents is 1. The number of hydrogen-bond acceptors (Lipinski definition) is 7. The van der Waals surface area contributed by atoms with Crippen molar-refractivity contribution in [3.63, 3.8) is 0 Å². The molecule has 2 aromatic carbocycles. The van der Waals surface area contributed by atoms with Crippen molar-refractivity contribution in [2.24, 2.45) is 0 Å². The number of benzene rings is 2. The summed E-state index contributed by atoms with van der Waals surface area (Å²) in [5, 5.41) is 20.6. The number of aromatic hydroxyl groups is 1. The number of aliphatic hydroxyl groups is 1. The van der Waals surface area contributed by atoms with Crippen LogP contribution in [0.3, 0.4) is 0 Å². The summed E-state index contributed by atoms with van der Waals surface area (Å²) in [6.45, 7) is 1.11. The zero-order valence-corrected chi connectivity index (χ0v) is 17.7. The highest BCUT2D eigenvalue weighted by Gasteiger charge is 2.34. The Morgan fingerprint density at radius 3 is 2.80 bits per heavy atom. The number of nitrogens with zero attached hydrogens (tertiary/aromatic N) is 1. The average molecular weight is 415 g/mol. The quantitative estimate of drug-likeness (QED) is 0.719. The number of hydrogen-bond donors (Lipinski definition) is 2. The Morgan fingerprint density at radius 2 is 2.03 bits per heavy atom. The normalized spacial score (nSPS) is 18.7. The summed E-state index contributed by atoms with van der Waals surface area (Å²) in [6, 6.07) is 7.38. The maximum atomic E-state index is 10.8. The fourth-order valence-corrected chi connectivity index (χ4v) is 4.41. The van der Waals surface area contributed by atoms with Gasteiger partial charge in [0.05, 0.1) is 20.3 Å². The van der Waals surface area contributed by atoms with Crippen LogP contribution in [0, 0.1) is 0 Å². The first-order valence-corrected chi connectivity index (χ1v) is 10.2. The molecule has 7 nitrogen and oxygen atoms in total. The van der Waals surface area contributed by atoms with Gasteiger partial charge >= 0.3 is 0 Å². The number of rotatable bonds is 7. The number of fused-ring (bicyclic) bond motifs is 2. The van der Waals surface area contributed by atoms with Gasteiger partial charge in [-0.3, -0.25) is 4.90 Å². The minimum Gasteiger partial charge on any atom is -0.504 e. The average Bonchev–Trinajstić information content (AvgIpc) is 3.22. The minimum absolute atomic E-state index is 0.0301. The zero-order chi connectivity index (χ0) is 21.3. The molecule has 0 radical (unpaired) electrons. The largest absolute Gasteiger partial charge is 0.504 e. The number of aliphatic hydroxyl groups excluding tert-OH is 1. The standard InChI is InChI=1S/C23H29NO6/c1-24-9-8-15-11-20-22(30-13-29-20)23(28-3)21(15)17(24)12-16(25)6-4-14-5-7-18(26)19(10-14)27-2/h5,7,10-11,16-17,25-26H,4,6,8-9,12-13H2,1-3H3/t16-,17-/m0/s1. The second kappa shape index (κ2) is 8.62. The third kappa shape index (κ3) is 3.87. The van der Waals surface area contributed by atoms with Crippen molar-refractivity contribution >= 4 is 0 Å². The highest BCUT2D eigenvalue weighted by molar-refractivity contribution is 5.61. The molecule has 4 rings (SSSR count). The number of ether oxygens (including phenoxy) is 4.